The second-order valence-electron chi connectivity index (χ2n) is 3.91. The Kier molecular flexibility index (Phi) is 4.83. The van der Waals surface area contributed by atoms with Gasteiger partial charge in [-0.3, -0.25) is 0 Å². The van der Waals surface area contributed by atoms with Crippen LogP contribution in [0.15, 0.2) is 36.4 Å². The maximum absolute atomic E-state index is 13.9. The van der Waals surface area contributed by atoms with E-state index in [1.54, 1.807) is 19.1 Å². The van der Waals surface area contributed by atoms with Crippen LogP contribution in [0.3, 0.4) is 0 Å². The molecule has 0 saturated carbocycles. The third kappa shape index (κ3) is 3.13. The second-order valence-corrected chi connectivity index (χ2v) is 3.91. The third-order valence-electron chi connectivity index (χ3n) is 2.69. The van der Waals surface area contributed by atoms with Crippen molar-refractivity contribution >= 4 is 11.9 Å². The van der Waals surface area contributed by atoms with Crippen LogP contribution in [-0.2, 0) is 4.79 Å². The predicted octanol–water partition coefficient (Wildman–Crippen LogP) is 4.11. The lowest BCUT2D eigenvalue weighted by Crippen LogP contribution is -1.97. The summed E-state index contributed by atoms with van der Waals surface area (Å²) in [6.45, 7) is 5.52. The zero-order valence-corrected chi connectivity index (χ0v) is 10.4. The van der Waals surface area contributed by atoms with E-state index in [9.17, 15) is 9.18 Å². The number of allylic oxidation sites excluding steroid dienone is 4. The third-order valence-corrected chi connectivity index (χ3v) is 2.69. The van der Waals surface area contributed by atoms with Gasteiger partial charge in [-0.1, -0.05) is 37.3 Å². The van der Waals surface area contributed by atoms with E-state index in [1.165, 1.54) is 6.07 Å². The smallest absolute Gasteiger partial charge is 0.131 e. The summed E-state index contributed by atoms with van der Waals surface area (Å²) in [5.74, 6) is -0.559. The zero-order valence-electron chi connectivity index (χ0n) is 10.4. The average molecular weight is 232 g/mol. The van der Waals surface area contributed by atoms with Gasteiger partial charge in [0.15, 0.2) is 0 Å². The maximum Gasteiger partial charge on any atom is 0.131 e. The van der Waals surface area contributed by atoms with Crippen LogP contribution in [0.2, 0.25) is 0 Å². The first-order chi connectivity index (χ1) is 8.13. The topological polar surface area (TPSA) is 17.1 Å². The number of rotatable bonds is 4. The minimum Gasteiger partial charge on any atom is -0.303 e. The summed E-state index contributed by atoms with van der Waals surface area (Å²) >= 11 is 0. The van der Waals surface area contributed by atoms with Crippen molar-refractivity contribution in [2.45, 2.75) is 26.7 Å². The largest absolute Gasteiger partial charge is 0.303 e. The number of carbonyl (C=O) groups excluding carboxylic acids is 1. The Labute approximate surface area is 102 Å². The minimum atomic E-state index is -0.289. The second kappa shape index (κ2) is 6.14. The molecule has 2 heteroatoms. The molecule has 0 aliphatic rings. The lowest BCUT2D eigenvalue weighted by Gasteiger charge is -2.08. The van der Waals surface area contributed by atoms with Crippen LogP contribution >= 0.6 is 0 Å². The Balaban J connectivity index is 3.17. The summed E-state index contributed by atoms with van der Waals surface area (Å²) in [6, 6.07) is 4.95. The molecule has 1 aromatic carbocycles. The lowest BCUT2D eigenvalue weighted by molar-refractivity contribution is -0.108. The van der Waals surface area contributed by atoms with E-state index in [1.807, 2.05) is 32.1 Å². The van der Waals surface area contributed by atoms with E-state index in [4.69, 9.17) is 0 Å². The van der Waals surface area contributed by atoms with Crippen molar-refractivity contribution in [1.29, 1.82) is 0 Å². The minimum absolute atomic E-state index is 0.269. The first-order valence-electron chi connectivity index (χ1n) is 5.68. The number of benzene rings is 1. The molecule has 0 bridgehead atoms. The maximum atomic E-state index is 13.9. The Morgan fingerprint density at radius 3 is 2.53 bits per heavy atom. The van der Waals surface area contributed by atoms with Crippen LogP contribution in [0.1, 0.15) is 37.8 Å². The van der Waals surface area contributed by atoms with Crippen molar-refractivity contribution in [2.75, 3.05) is 0 Å². The van der Waals surface area contributed by atoms with Crippen LogP contribution in [0.5, 0.6) is 0 Å². The molecular weight excluding hydrogens is 215 g/mol. The highest BCUT2D eigenvalue weighted by Gasteiger charge is 2.09. The molecule has 1 nitrogen and oxygen atoms in total. The molecule has 0 spiro atoms. The molecule has 0 aliphatic carbocycles. The molecule has 0 aliphatic heterocycles. The molecule has 0 fully saturated rings. The summed E-state index contributed by atoms with van der Waals surface area (Å²) in [7, 11) is 0. The normalized spacial score (nSPS) is 14.0. The van der Waals surface area contributed by atoms with Crippen LogP contribution in [0, 0.1) is 5.82 Å². The first-order valence-corrected chi connectivity index (χ1v) is 5.68. The first kappa shape index (κ1) is 13.4. The van der Waals surface area contributed by atoms with E-state index >= 15 is 0 Å². The number of hydrogen-bond acceptors (Lipinski definition) is 1. The number of hydrogen-bond donors (Lipinski definition) is 0. The van der Waals surface area contributed by atoms with Crippen LogP contribution in [-0.4, -0.2) is 6.29 Å². The molecule has 0 heterocycles. The van der Waals surface area contributed by atoms with Crippen LogP contribution in [0.25, 0.3) is 5.57 Å². The Morgan fingerprint density at radius 2 is 2.06 bits per heavy atom. The van der Waals surface area contributed by atoms with E-state index < -0.39 is 0 Å². The van der Waals surface area contributed by atoms with Crippen molar-refractivity contribution in [3.05, 3.63) is 53.4 Å². The molecule has 90 valence electrons. The summed E-state index contributed by atoms with van der Waals surface area (Å²) in [4.78, 5) is 10.6. The van der Waals surface area contributed by atoms with E-state index in [-0.39, 0.29) is 11.7 Å². The molecule has 0 N–H and O–H groups in total. The molecule has 0 saturated heterocycles. The average Bonchev–Trinajstić information content (AvgIpc) is 2.35. The number of aldehydes is 1. The van der Waals surface area contributed by atoms with Crippen molar-refractivity contribution in [2.24, 2.45) is 0 Å². The fourth-order valence-electron chi connectivity index (χ4n) is 1.65. The van der Waals surface area contributed by atoms with Gasteiger partial charge in [0.1, 0.15) is 12.1 Å². The lowest BCUT2D eigenvalue weighted by atomic mass is 9.97. The molecule has 0 aromatic heterocycles. The molecule has 1 atom stereocenters. The van der Waals surface area contributed by atoms with Crippen LogP contribution in [0.4, 0.5) is 4.39 Å². The van der Waals surface area contributed by atoms with Gasteiger partial charge in [0.05, 0.1) is 0 Å². The highest BCUT2D eigenvalue weighted by Crippen LogP contribution is 2.23. The van der Waals surface area contributed by atoms with Gasteiger partial charge in [0, 0.05) is 11.5 Å². The molecule has 1 aromatic rings. The fourth-order valence-corrected chi connectivity index (χ4v) is 1.65. The van der Waals surface area contributed by atoms with Crippen molar-refractivity contribution < 1.29 is 9.18 Å². The van der Waals surface area contributed by atoms with Gasteiger partial charge in [-0.2, -0.15) is 0 Å². The summed E-state index contributed by atoms with van der Waals surface area (Å²) in [6.07, 6.45) is 6.41. The van der Waals surface area contributed by atoms with Crippen molar-refractivity contribution in [3.63, 3.8) is 0 Å². The molecule has 1 unspecified atom stereocenters. The molecular formula is C15H17FO. The zero-order chi connectivity index (χ0) is 12.8. The highest BCUT2D eigenvalue weighted by molar-refractivity contribution is 5.74. The Morgan fingerprint density at radius 1 is 1.35 bits per heavy atom. The van der Waals surface area contributed by atoms with E-state index in [0.717, 1.165) is 11.9 Å². The molecule has 17 heavy (non-hydrogen) atoms. The monoisotopic (exact) mass is 232 g/mol. The van der Waals surface area contributed by atoms with Gasteiger partial charge < -0.3 is 4.79 Å². The highest BCUT2D eigenvalue weighted by atomic mass is 19.1. The standard InChI is InChI=1S/C15H17FO/c1-4-6-12(5-2)14-8-7-13(9-15(14)16)11(3)10-17/h4-11H,1-3H3. The van der Waals surface area contributed by atoms with Gasteiger partial charge in [0.25, 0.3) is 0 Å². The van der Waals surface area contributed by atoms with Crippen molar-refractivity contribution in [1.82, 2.24) is 0 Å². The van der Waals surface area contributed by atoms with Crippen molar-refractivity contribution in [3.8, 4) is 0 Å². The summed E-state index contributed by atoms with van der Waals surface area (Å²) in [5.41, 5.74) is 2.11. The predicted molar refractivity (Wildman–Crippen MR) is 69.3 cm³/mol. The Hall–Kier alpha value is -1.70. The molecule has 0 amide bonds. The van der Waals surface area contributed by atoms with Gasteiger partial charge in [-0.05, 0) is 31.1 Å². The molecule has 1 rings (SSSR count). The van der Waals surface area contributed by atoms with Gasteiger partial charge in [-0.25, -0.2) is 4.39 Å². The van der Waals surface area contributed by atoms with Gasteiger partial charge >= 0.3 is 0 Å². The van der Waals surface area contributed by atoms with E-state index in [0.29, 0.717) is 11.1 Å². The van der Waals surface area contributed by atoms with Crippen LogP contribution < -0.4 is 0 Å². The summed E-state index contributed by atoms with van der Waals surface area (Å²) in [5, 5.41) is 0. The number of carbonyl (C=O) groups is 1. The fraction of sp³-hybridized carbons (Fsp3) is 0.267. The quantitative estimate of drug-likeness (QED) is 0.564. The molecule has 0 radical (unpaired) electrons. The van der Waals surface area contributed by atoms with Gasteiger partial charge in [0.2, 0.25) is 0 Å². The van der Waals surface area contributed by atoms with E-state index in [2.05, 4.69) is 0 Å². The SMILES string of the molecule is CC=CC(=CC)c1ccc(C(C)C=O)cc1F. The Bertz CT molecular complexity index is 458. The van der Waals surface area contributed by atoms with Gasteiger partial charge in [-0.15, -0.1) is 0 Å². The summed E-state index contributed by atoms with van der Waals surface area (Å²) < 4.78 is 13.9. The number of halogens is 1.